The molecule has 39 heavy (non-hydrogen) atoms. The standard InChI is InChI=1S/C28H42N4O6S/c1-19(2)20-8-9-25-24(16-20)38-15-12-28(30-26(34)23-17-22(33)18-32(23)39(25,36)37)10-13-31(14-11-28)27(35)29-21-6-4-3-5-7-21/h8-9,16,19,21-23,33H,3-7,10-15,17-18H2,1-2H3,(H,29,35)(H,30,34)/t22-,23+/m1/s1. The second kappa shape index (κ2) is 11.2. The van der Waals surface area contributed by atoms with E-state index >= 15 is 0 Å². The molecule has 1 aliphatic carbocycles. The normalized spacial score (nSPS) is 27.7. The summed E-state index contributed by atoms with van der Waals surface area (Å²) in [6, 6.07) is 4.27. The van der Waals surface area contributed by atoms with Gasteiger partial charge >= 0.3 is 6.03 Å². The first kappa shape index (κ1) is 28.2. The van der Waals surface area contributed by atoms with Gasteiger partial charge in [0.25, 0.3) is 0 Å². The number of aliphatic hydroxyl groups is 1. The Morgan fingerprint density at radius 3 is 2.56 bits per heavy atom. The van der Waals surface area contributed by atoms with Gasteiger partial charge in [0.1, 0.15) is 16.7 Å². The Kier molecular flexibility index (Phi) is 8.13. The number of rotatable bonds is 2. The highest BCUT2D eigenvalue weighted by Crippen LogP contribution is 2.36. The molecule has 1 saturated carbocycles. The van der Waals surface area contributed by atoms with Crippen molar-refractivity contribution in [2.45, 2.75) is 106 Å². The van der Waals surface area contributed by atoms with Crippen molar-refractivity contribution in [3.8, 4) is 5.75 Å². The fourth-order valence-electron chi connectivity index (χ4n) is 6.41. The van der Waals surface area contributed by atoms with E-state index in [0.29, 0.717) is 32.4 Å². The molecule has 3 heterocycles. The first-order valence-electron chi connectivity index (χ1n) is 14.4. The third-order valence-corrected chi connectivity index (χ3v) is 10.8. The average molecular weight is 563 g/mol. The minimum atomic E-state index is -4.09. The molecule has 0 aromatic heterocycles. The van der Waals surface area contributed by atoms with Gasteiger partial charge in [0.15, 0.2) is 0 Å². The van der Waals surface area contributed by atoms with Crippen molar-refractivity contribution < 1.29 is 27.9 Å². The molecule has 2 atom stereocenters. The number of benzene rings is 1. The van der Waals surface area contributed by atoms with E-state index in [1.165, 1.54) is 6.42 Å². The van der Waals surface area contributed by atoms with Gasteiger partial charge in [-0.05, 0) is 49.3 Å². The van der Waals surface area contributed by atoms with E-state index in [1.807, 2.05) is 18.7 Å². The number of ether oxygens (including phenoxy) is 1. The van der Waals surface area contributed by atoms with Gasteiger partial charge in [0.2, 0.25) is 15.9 Å². The van der Waals surface area contributed by atoms with Crippen molar-refractivity contribution in [3.05, 3.63) is 23.8 Å². The molecule has 1 aromatic carbocycles. The fourth-order valence-corrected chi connectivity index (χ4v) is 8.16. The van der Waals surface area contributed by atoms with Crippen LogP contribution in [0.2, 0.25) is 0 Å². The summed E-state index contributed by atoms with van der Waals surface area (Å²) in [5.74, 6) is 0.0485. The minimum absolute atomic E-state index is 0.0175. The maximum Gasteiger partial charge on any atom is 0.317 e. The van der Waals surface area contributed by atoms with Gasteiger partial charge in [-0.2, -0.15) is 4.31 Å². The zero-order chi connectivity index (χ0) is 27.8. The predicted octanol–water partition coefficient (Wildman–Crippen LogP) is 2.71. The summed E-state index contributed by atoms with van der Waals surface area (Å²) >= 11 is 0. The van der Waals surface area contributed by atoms with Crippen molar-refractivity contribution in [1.82, 2.24) is 19.8 Å². The highest BCUT2D eigenvalue weighted by atomic mass is 32.2. The largest absolute Gasteiger partial charge is 0.492 e. The third-order valence-electron chi connectivity index (χ3n) is 8.92. The van der Waals surface area contributed by atoms with Crippen molar-refractivity contribution >= 4 is 22.0 Å². The number of nitrogens with zero attached hydrogens (tertiary/aromatic N) is 2. The van der Waals surface area contributed by atoms with Gasteiger partial charge in [-0.3, -0.25) is 4.79 Å². The molecule has 5 rings (SSSR count). The highest BCUT2D eigenvalue weighted by molar-refractivity contribution is 7.89. The molecule has 0 bridgehead atoms. The Morgan fingerprint density at radius 1 is 1.15 bits per heavy atom. The number of carbonyl (C=O) groups excluding carboxylic acids is 2. The van der Waals surface area contributed by atoms with Gasteiger partial charge < -0.3 is 25.4 Å². The van der Waals surface area contributed by atoms with Gasteiger partial charge in [-0.15, -0.1) is 0 Å². The number of fused-ring (bicyclic) bond motifs is 2. The smallest absolute Gasteiger partial charge is 0.317 e. The second-order valence-corrected chi connectivity index (χ2v) is 13.8. The number of sulfonamides is 1. The Labute approximate surface area is 231 Å². The molecule has 3 N–H and O–H groups in total. The molecule has 4 aliphatic rings. The van der Waals surface area contributed by atoms with Crippen LogP contribution in [0.3, 0.4) is 0 Å². The van der Waals surface area contributed by atoms with Crippen LogP contribution in [0.1, 0.15) is 83.1 Å². The zero-order valence-corrected chi connectivity index (χ0v) is 23.8. The van der Waals surface area contributed by atoms with Crippen LogP contribution in [0, 0.1) is 0 Å². The number of aliphatic hydroxyl groups excluding tert-OH is 1. The van der Waals surface area contributed by atoms with Crippen LogP contribution in [-0.4, -0.2) is 84.6 Å². The van der Waals surface area contributed by atoms with Crippen molar-refractivity contribution in [3.63, 3.8) is 0 Å². The Hall–Kier alpha value is -2.37. The maximum absolute atomic E-state index is 13.8. The van der Waals surface area contributed by atoms with Gasteiger partial charge in [0.05, 0.1) is 12.7 Å². The minimum Gasteiger partial charge on any atom is -0.492 e. The highest BCUT2D eigenvalue weighted by Gasteiger charge is 2.47. The van der Waals surface area contributed by atoms with Crippen LogP contribution in [0.25, 0.3) is 0 Å². The Morgan fingerprint density at radius 2 is 1.87 bits per heavy atom. The van der Waals surface area contributed by atoms with E-state index in [9.17, 15) is 23.1 Å². The molecule has 3 amide bonds. The summed E-state index contributed by atoms with van der Waals surface area (Å²) in [7, 11) is -4.09. The van der Waals surface area contributed by atoms with Gasteiger partial charge in [-0.1, -0.05) is 39.2 Å². The molecule has 10 nitrogen and oxygen atoms in total. The van der Waals surface area contributed by atoms with E-state index in [4.69, 9.17) is 4.74 Å². The molecule has 1 aromatic rings. The molecule has 0 unspecified atom stereocenters. The van der Waals surface area contributed by atoms with Crippen molar-refractivity contribution in [1.29, 1.82) is 0 Å². The fraction of sp³-hybridized carbons (Fsp3) is 0.714. The number of urea groups is 1. The lowest BCUT2D eigenvalue weighted by Crippen LogP contribution is -2.60. The van der Waals surface area contributed by atoms with Crippen LogP contribution in [0.15, 0.2) is 23.1 Å². The zero-order valence-electron chi connectivity index (χ0n) is 23.0. The lowest BCUT2D eigenvalue weighted by atomic mass is 9.84. The number of hydrogen-bond acceptors (Lipinski definition) is 6. The van der Waals surface area contributed by atoms with E-state index in [0.717, 1.165) is 35.6 Å². The summed E-state index contributed by atoms with van der Waals surface area (Å²) < 4.78 is 34.8. The number of piperidine rings is 1. The summed E-state index contributed by atoms with van der Waals surface area (Å²) in [5.41, 5.74) is 0.319. The van der Waals surface area contributed by atoms with Crippen LogP contribution in [0.5, 0.6) is 5.75 Å². The first-order valence-corrected chi connectivity index (χ1v) is 15.9. The number of hydrogen-bond donors (Lipinski definition) is 3. The average Bonchev–Trinajstić information content (AvgIpc) is 3.31. The topological polar surface area (TPSA) is 128 Å². The number of nitrogens with one attached hydrogen (secondary N) is 2. The molecule has 11 heteroatoms. The molecule has 2 saturated heterocycles. The van der Waals surface area contributed by atoms with E-state index in [1.54, 1.807) is 18.2 Å². The van der Waals surface area contributed by atoms with E-state index < -0.39 is 33.6 Å². The van der Waals surface area contributed by atoms with E-state index in [-0.39, 0.29) is 48.2 Å². The lowest BCUT2D eigenvalue weighted by Gasteiger charge is -2.43. The van der Waals surface area contributed by atoms with Crippen LogP contribution in [-0.2, 0) is 14.8 Å². The van der Waals surface area contributed by atoms with Crippen LogP contribution >= 0.6 is 0 Å². The van der Waals surface area contributed by atoms with Gasteiger partial charge in [-0.25, -0.2) is 13.2 Å². The van der Waals surface area contributed by atoms with Crippen molar-refractivity contribution in [2.24, 2.45) is 0 Å². The lowest BCUT2D eigenvalue weighted by molar-refractivity contribution is -0.127. The third kappa shape index (κ3) is 5.90. The monoisotopic (exact) mass is 562 g/mol. The molecule has 0 radical (unpaired) electrons. The molecular formula is C28H42N4O6S. The quantitative estimate of drug-likeness (QED) is 0.509. The molecule has 216 valence electrons. The molecule has 3 fully saturated rings. The van der Waals surface area contributed by atoms with Crippen molar-refractivity contribution in [2.75, 3.05) is 26.2 Å². The number of amides is 3. The second-order valence-electron chi connectivity index (χ2n) is 12.0. The first-order chi connectivity index (χ1) is 18.6. The molecule has 1 spiro atoms. The summed E-state index contributed by atoms with van der Waals surface area (Å²) in [4.78, 5) is 28.4. The Balaban J connectivity index is 1.38. The summed E-state index contributed by atoms with van der Waals surface area (Å²) in [6.45, 7) is 5.12. The maximum atomic E-state index is 13.8. The summed E-state index contributed by atoms with van der Waals surface area (Å²) in [5, 5.41) is 16.8. The number of carbonyl (C=O) groups is 2. The molecular weight excluding hydrogens is 520 g/mol. The molecule has 3 aliphatic heterocycles. The number of likely N-dealkylation sites (tertiary alicyclic amines) is 1. The Bertz CT molecular complexity index is 1170. The van der Waals surface area contributed by atoms with Gasteiger partial charge in [0, 0.05) is 44.1 Å². The predicted molar refractivity (Wildman–Crippen MR) is 146 cm³/mol. The van der Waals surface area contributed by atoms with Crippen LogP contribution in [0.4, 0.5) is 4.79 Å². The van der Waals surface area contributed by atoms with Crippen LogP contribution < -0.4 is 15.4 Å². The SMILES string of the molecule is CC(C)c1ccc2c(c1)OCCC1(CCN(C(=O)NC3CCCCC3)CC1)NC(=O)[C@@H]1C[C@@H](O)CN1S2(=O)=O. The summed E-state index contributed by atoms with van der Waals surface area (Å²) in [6.07, 6.45) is 6.22. The van der Waals surface area contributed by atoms with E-state index in [2.05, 4.69) is 10.6 Å².